The molecular formula is C25H24FN5O3. The molecule has 174 valence electrons. The Hall–Kier alpha value is -4.14. The van der Waals surface area contributed by atoms with Crippen LogP contribution in [0.25, 0.3) is 16.7 Å². The van der Waals surface area contributed by atoms with Crippen LogP contribution in [0.5, 0.6) is 11.5 Å². The molecule has 2 heterocycles. The van der Waals surface area contributed by atoms with Crippen molar-refractivity contribution in [1.82, 2.24) is 14.5 Å². The van der Waals surface area contributed by atoms with Crippen molar-refractivity contribution in [3.8, 4) is 17.2 Å². The van der Waals surface area contributed by atoms with Crippen LogP contribution in [0.4, 0.5) is 15.9 Å². The summed E-state index contributed by atoms with van der Waals surface area (Å²) in [4.78, 5) is 21.3. The van der Waals surface area contributed by atoms with Gasteiger partial charge in [-0.25, -0.2) is 14.4 Å². The number of nitrogen functional groups attached to an aromatic ring is 1. The molecule has 9 heteroatoms. The summed E-state index contributed by atoms with van der Waals surface area (Å²) >= 11 is 0. The second kappa shape index (κ2) is 8.66. The zero-order valence-corrected chi connectivity index (χ0v) is 18.9. The molecule has 2 aromatic heterocycles. The zero-order valence-electron chi connectivity index (χ0n) is 18.9. The fourth-order valence-electron chi connectivity index (χ4n) is 4.62. The van der Waals surface area contributed by atoms with E-state index in [1.165, 1.54) is 36.8 Å². The number of ether oxygens (including phenoxy) is 2. The number of aryl methyl sites for hydroxylation is 1. The van der Waals surface area contributed by atoms with Gasteiger partial charge in [-0.2, -0.15) is 0 Å². The van der Waals surface area contributed by atoms with Crippen LogP contribution in [0.3, 0.4) is 0 Å². The number of anilines is 2. The fraction of sp³-hybridized carbons (Fsp3) is 0.240. The Morgan fingerprint density at radius 2 is 1.94 bits per heavy atom. The summed E-state index contributed by atoms with van der Waals surface area (Å²) < 4.78 is 26.6. The Kier molecular flexibility index (Phi) is 5.53. The third-order valence-electron chi connectivity index (χ3n) is 6.13. The number of hydrogen-bond acceptors (Lipinski definition) is 6. The molecule has 5 rings (SSSR count). The van der Waals surface area contributed by atoms with Gasteiger partial charge >= 0.3 is 0 Å². The van der Waals surface area contributed by atoms with E-state index in [0.29, 0.717) is 22.8 Å². The smallest absolute Gasteiger partial charge is 0.228 e. The molecule has 2 aromatic carbocycles. The minimum absolute atomic E-state index is 0.0624. The number of halogens is 1. The first-order chi connectivity index (χ1) is 16.5. The topological polar surface area (TPSA) is 104 Å². The molecule has 0 unspecified atom stereocenters. The number of rotatable bonds is 6. The number of nitrogens with one attached hydrogen (secondary N) is 1. The van der Waals surface area contributed by atoms with E-state index in [1.807, 2.05) is 18.2 Å². The molecule has 3 N–H and O–H groups in total. The zero-order chi connectivity index (χ0) is 23.8. The van der Waals surface area contributed by atoms with Crippen molar-refractivity contribution in [2.24, 2.45) is 0 Å². The van der Waals surface area contributed by atoms with Crippen molar-refractivity contribution in [3.63, 3.8) is 0 Å². The molecule has 8 nitrogen and oxygen atoms in total. The monoisotopic (exact) mass is 461 g/mol. The van der Waals surface area contributed by atoms with Crippen LogP contribution >= 0.6 is 0 Å². The Morgan fingerprint density at radius 3 is 2.71 bits per heavy atom. The van der Waals surface area contributed by atoms with Crippen molar-refractivity contribution in [2.75, 3.05) is 25.3 Å². The summed E-state index contributed by atoms with van der Waals surface area (Å²) in [5, 5.41) is 2.71. The first kappa shape index (κ1) is 21.7. The molecule has 1 aliphatic carbocycles. The van der Waals surface area contributed by atoms with Gasteiger partial charge in [-0.1, -0.05) is 6.07 Å². The predicted octanol–water partition coefficient (Wildman–Crippen LogP) is 3.83. The first-order valence-corrected chi connectivity index (χ1v) is 10.9. The number of nitrogens with zero attached hydrogens (tertiary/aromatic N) is 3. The van der Waals surface area contributed by atoms with Crippen LogP contribution in [0.2, 0.25) is 0 Å². The molecule has 1 aliphatic rings. The van der Waals surface area contributed by atoms with E-state index in [9.17, 15) is 9.18 Å². The number of hydrogen-bond donors (Lipinski definition) is 2. The SMILES string of the molecule is COc1ccc(NC(=O)Cc2ccc(-n3c4c(c5ncnc(N)c53)CCC4)cc2OC)cc1F. The van der Waals surface area contributed by atoms with E-state index in [-0.39, 0.29) is 18.1 Å². The van der Waals surface area contributed by atoms with Gasteiger partial charge in [-0.15, -0.1) is 0 Å². The van der Waals surface area contributed by atoms with Gasteiger partial charge in [0.05, 0.1) is 26.2 Å². The van der Waals surface area contributed by atoms with Gasteiger partial charge < -0.3 is 25.1 Å². The number of amides is 1. The van der Waals surface area contributed by atoms with Crippen molar-refractivity contribution in [1.29, 1.82) is 0 Å². The lowest BCUT2D eigenvalue weighted by molar-refractivity contribution is -0.115. The van der Waals surface area contributed by atoms with Gasteiger partial charge in [0.2, 0.25) is 5.91 Å². The lowest BCUT2D eigenvalue weighted by Gasteiger charge is -2.15. The minimum Gasteiger partial charge on any atom is -0.496 e. The Balaban J connectivity index is 1.45. The quantitative estimate of drug-likeness (QED) is 0.452. The van der Waals surface area contributed by atoms with Gasteiger partial charge in [0.15, 0.2) is 17.4 Å². The lowest BCUT2D eigenvalue weighted by atomic mass is 10.1. The number of methoxy groups -OCH3 is 2. The second-order valence-corrected chi connectivity index (χ2v) is 8.14. The van der Waals surface area contributed by atoms with Crippen molar-refractivity contribution in [2.45, 2.75) is 25.7 Å². The van der Waals surface area contributed by atoms with E-state index in [4.69, 9.17) is 15.2 Å². The third kappa shape index (κ3) is 3.68. The first-order valence-electron chi connectivity index (χ1n) is 10.9. The van der Waals surface area contributed by atoms with Crippen molar-refractivity contribution >= 4 is 28.4 Å². The number of aromatic nitrogens is 3. The van der Waals surface area contributed by atoms with Crippen LogP contribution in [0.15, 0.2) is 42.7 Å². The van der Waals surface area contributed by atoms with Gasteiger partial charge in [0.25, 0.3) is 0 Å². The second-order valence-electron chi connectivity index (χ2n) is 8.14. The summed E-state index contributed by atoms with van der Waals surface area (Å²) in [5.41, 5.74) is 12.2. The van der Waals surface area contributed by atoms with Gasteiger partial charge in [0.1, 0.15) is 17.6 Å². The highest BCUT2D eigenvalue weighted by molar-refractivity contribution is 5.93. The van der Waals surface area contributed by atoms with E-state index >= 15 is 0 Å². The molecule has 0 saturated carbocycles. The lowest BCUT2D eigenvalue weighted by Crippen LogP contribution is -2.15. The maximum Gasteiger partial charge on any atom is 0.228 e. The van der Waals surface area contributed by atoms with Gasteiger partial charge in [0, 0.05) is 34.8 Å². The minimum atomic E-state index is -0.544. The predicted molar refractivity (Wildman–Crippen MR) is 127 cm³/mol. The van der Waals surface area contributed by atoms with E-state index < -0.39 is 5.82 Å². The molecular weight excluding hydrogens is 437 g/mol. The van der Waals surface area contributed by atoms with Crippen LogP contribution in [0, 0.1) is 5.82 Å². The largest absolute Gasteiger partial charge is 0.496 e. The molecule has 34 heavy (non-hydrogen) atoms. The Bertz CT molecular complexity index is 1420. The number of nitrogens with two attached hydrogens (primary N) is 1. The van der Waals surface area contributed by atoms with Crippen LogP contribution in [-0.4, -0.2) is 34.7 Å². The highest BCUT2D eigenvalue weighted by atomic mass is 19.1. The molecule has 4 aromatic rings. The molecule has 0 fully saturated rings. The molecule has 0 spiro atoms. The standard InChI is InChI=1S/C25H24FN5O3/c1-33-20-9-7-15(11-18(20)26)30-22(32)10-14-6-8-16(12-21(14)34-2)31-19-5-3-4-17(19)23-24(31)25(27)29-13-28-23/h6-9,11-13H,3-5,10H2,1-2H3,(H,30,32)(H2,27,28,29). The summed E-state index contributed by atoms with van der Waals surface area (Å²) in [5.74, 6) is 0.272. The number of fused-ring (bicyclic) bond motifs is 3. The molecule has 0 aliphatic heterocycles. The average Bonchev–Trinajstić information content (AvgIpc) is 3.41. The van der Waals surface area contributed by atoms with E-state index in [0.717, 1.165) is 36.0 Å². The normalized spacial score (nSPS) is 12.6. The number of benzene rings is 2. The highest BCUT2D eigenvalue weighted by Crippen LogP contribution is 2.37. The summed E-state index contributed by atoms with van der Waals surface area (Å²) in [6.07, 6.45) is 4.50. The van der Waals surface area contributed by atoms with Crippen molar-refractivity contribution in [3.05, 3.63) is 65.4 Å². The Labute approximate surface area is 195 Å². The number of carbonyl (C=O) groups excluding carboxylic acids is 1. The summed E-state index contributed by atoms with van der Waals surface area (Å²) in [7, 11) is 2.95. The van der Waals surface area contributed by atoms with Gasteiger partial charge in [-0.3, -0.25) is 4.79 Å². The third-order valence-corrected chi connectivity index (χ3v) is 6.13. The number of carbonyl (C=O) groups is 1. The van der Waals surface area contributed by atoms with Crippen molar-refractivity contribution < 1.29 is 18.7 Å². The molecule has 0 saturated heterocycles. The van der Waals surface area contributed by atoms with E-state index in [2.05, 4.69) is 19.9 Å². The molecule has 0 radical (unpaired) electrons. The van der Waals surface area contributed by atoms with Crippen LogP contribution < -0.4 is 20.5 Å². The summed E-state index contributed by atoms with van der Waals surface area (Å²) in [6, 6.07) is 9.96. The van der Waals surface area contributed by atoms with Crippen LogP contribution in [0.1, 0.15) is 23.2 Å². The van der Waals surface area contributed by atoms with Crippen LogP contribution in [-0.2, 0) is 24.1 Å². The maximum absolute atomic E-state index is 13.9. The maximum atomic E-state index is 13.9. The fourth-order valence-corrected chi connectivity index (χ4v) is 4.62. The Morgan fingerprint density at radius 1 is 1.12 bits per heavy atom. The van der Waals surface area contributed by atoms with E-state index in [1.54, 1.807) is 13.2 Å². The van der Waals surface area contributed by atoms with Gasteiger partial charge in [-0.05, 0) is 43.0 Å². The molecule has 0 atom stereocenters. The highest BCUT2D eigenvalue weighted by Gasteiger charge is 2.25. The summed E-state index contributed by atoms with van der Waals surface area (Å²) in [6.45, 7) is 0. The molecule has 1 amide bonds. The average molecular weight is 461 g/mol. The molecule has 0 bridgehead atoms.